The van der Waals surface area contributed by atoms with Crippen LogP contribution < -0.4 is 0 Å². The number of carboxylic acid groups (broad SMARTS) is 1. The molecule has 0 aliphatic rings. The predicted molar refractivity (Wildman–Crippen MR) is 66.7 cm³/mol. The van der Waals surface area contributed by atoms with Crippen molar-refractivity contribution >= 4 is 23.6 Å². The lowest BCUT2D eigenvalue weighted by Crippen LogP contribution is -2.38. The van der Waals surface area contributed by atoms with Gasteiger partial charge in [-0.15, -0.1) is 11.8 Å². The molecule has 0 rings (SSSR count). The normalized spacial score (nSPS) is 11.2. The predicted octanol–water partition coefficient (Wildman–Crippen LogP) is 1.84. The van der Waals surface area contributed by atoms with E-state index in [1.165, 1.54) is 16.7 Å². The van der Waals surface area contributed by atoms with Crippen LogP contribution in [0.4, 0.5) is 0 Å². The highest BCUT2D eigenvalue weighted by Crippen LogP contribution is 2.23. The fourth-order valence-electron chi connectivity index (χ4n) is 1.09. The summed E-state index contributed by atoms with van der Waals surface area (Å²) in [6.07, 6.45) is 0.777. The van der Waals surface area contributed by atoms with E-state index >= 15 is 0 Å². The fraction of sp³-hybridized carbons (Fsp3) is 0.818. The Morgan fingerprint density at radius 2 is 1.88 bits per heavy atom. The lowest BCUT2D eigenvalue weighted by Gasteiger charge is -2.23. The maximum absolute atomic E-state index is 11.8. The van der Waals surface area contributed by atoms with Gasteiger partial charge >= 0.3 is 5.97 Å². The first-order valence-electron chi connectivity index (χ1n) is 5.39. The van der Waals surface area contributed by atoms with Gasteiger partial charge in [-0.1, -0.05) is 27.7 Å². The zero-order chi connectivity index (χ0) is 12.8. The fourth-order valence-corrected chi connectivity index (χ4v) is 1.83. The number of rotatable bonds is 6. The Bertz CT molecular complexity index is 248. The SMILES string of the molecule is CCCN(CC(=O)O)C(=O)CSC(C)(C)C. The van der Waals surface area contributed by atoms with Gasteiger partial charge in [0.1, 0.15) is 6.54 Å². The number of carboxylic acids is 1. The minimum absolute atomic E-state index is 0.0246. The highest BCUT2D eigenvalue weighted by atomic mass is 32.2. The van der Waals surface area contributed by atoms with Gasteiger partial charge in [0.05, 0.1) is 5.75 Å². The number of thioether (sulfide) groups is 1. The Morgan fingerprint density at radius 1 is 1.31 bits per heavy atom. The number of amides is 1. The summed E-state index contributed by atoms with van der Waals surface area (Å²) in [7, 11) is 0. The zero-order valence-electron chi connectivity index (χ0n) is 10.4. The third kappa shape index (κ3) is 7.56. The topological polar surface area (TPSA) is 57.6 Å². The average Bonchev–Trinajstić information content (AvgIpc) is 2.11. The van der Waals surface area contributed by atoms with Crippen LogP contribution in [0.3, 0.4) is 0 Å². The molecule has 1 amide bonds. The standard InChI is InChI=1S/C11H21NO3S/c1-5-6-12(7-10(14)15)9(13)8-16-11(2,3)4/h5-8H2,1-4H3,(H,14,15). The van der Waals surface area contributed by atoms with Crippen LogP contribution in [0.5, 0.6) is 0 Å². The van der Waals surface area contributed by atoms with E-state index in [0.29, 0.717) is 12.3 Å². The van der Waals surface area contributed by atoms with E-state index in [9.17, 15) is 9.59 Å². The van der Waals surface area contributed by atoms with Gasteiger partial charge in [0.15, 0.2) is 0 Å². The van der Waals surface area contributed by atoms with Crippen LogP contribution in [0.1, 0.15) is 34.1 Å². The van der Waals surface area contributed by atoms with E-state index in [1.807, 2.05) is 27.7 Å². The van der Waals surface area contributed by atoms with Crippen molar-refractivity contribution in [3.8, 4) is 0 Å². The van der Waals surface area contributed by atoms with Crippen LogP contribution in [0.15, 0.2) is 0 Å². The van der Waals surface area contributed by atoms with E-state index in [2.05, 4.69) is 0 Å². The molecule has 0 fully saturated rings. The molecule has 16 heavy (non-hydrogen) atoms. The summed E-state index contributed by atoms with van der Waals surface area (Å²) in [4.78, 5) is 23.8. The Morgan fingerprint density at radius 3 is 2.25 bits per heavy atom. The van der Waals surface area contributed by atoms with Gasteiger partial charge in [0.25, 0.3) is 0 Å². The first-order valence-corrected chi connectivity index (χ1v) is 6.38. The second kappa shape index (κ2) is 6.78. The van der Waals surface area contributed by atoms with Crippen LogP contribution in [0, 0.1) is 0 Å². The van der Waals surface area contributed by atoms with Gasteiger partial charge < -0.3 is 10.0 Å². The van der Waals surface area contributed by atoms with Crippen LogP contribution in [0.2, 0.25) is 0 Å². The maximum Gasteiger partial charge on any atom is 0.323 e. The number of aliphatic carboxylic acids is 1. The summed E-state index contributed by atoms with van der Waals surface area (Å²) in [6, 6.07) is 0. The highest BCUT2D eigenvalue weighted by Gasteiger charge is 2.19. The van der Waals surface area contributed by atoms with E-state index < -0.39 is 5.97 Å². The number of hydrogen-bond donors (Lipinski definition) is 1. The molecule has 0 aromatic rings. The van der Waals surface area contributed by atoms with Crippen LogP contribution in [0.25, 0.3) is 0 Å². The number of nitrogens with zero attached hydrogens (tertiary/aromatic N) is 1. The number of carbonyl (C=O) groups excluding carboxylic acids is 1. The number of carbonyl (C=O) groups is 2. The lowest BCUT2D eigenvalue weighted by atomic mass is 10.3. The van der Waals surface area contributed by atoms with E-state index in [0.717, 1.165) is 6.42 Å². The van der Waals surface area contributed by atoms with Gasteiger partial charge in [0, 0.05) is 11.3 Å². The van der Waals surface area contributed by atoms with Gasteiger partial charge in [-0.05, 0) is 6.42 Å². The van der Waals surface area contributed by atoms with Gasteiger partial charge in [-0.2, -0.15) is 0 Å². The monoisotopic (exact) mass is 247 g/mol. The molecule has 0 atom stereocenters. The minimum atomic E-state index is -0.956. The molecule has 0 aliphatic carbocycles. The minimum Gasteiger partial charge on any atom is -0.480 e. The summed E-state index contributed by atoms with van der Waals surface area (Å²) in [6.45, 7) is 8.34. The maximum atomic E-state index is 11.8. The van der Waals surface area contributed by atoms with Crippen molar-refractivity contribution in [1.82, 2.24) is 4.90 Å². The van der Waals surface area contributed by atoms with Gasteiger partial charge in [-0.3, -0.25) is 9.59 Å². The zero-order valence-corrected chi connectivity index (χ0v) is 11.3. The first kappa shape index (κ1) is 15.3. The smallest absolute Gasteiger partial charge is 0.323 e. The molecule has 0 aromatic carbocycles. The highest BCUT2D eigenvalue weighted by molar-refractivity contribution is 8.01. The summed E-state index contributed by atoms with van der Waals surface area (Å²) in [5.74, 6) is -0.705. The van der Waals surface area contributed by atoms with Crippen LogP contribution in [-0.4, -0.2) is 45.5 Å². The summed E-state index contributed by atoms with van der Waals surface area (Å²) in [5, 5.41) is 8.69. The Hall–Kier alpha value is -0.710. The summed E-state index contributed by atoms with van der Waals surface area (Å²) >= 11 is 1.54. The van der Waals surface area contributed by atoms with Crippen LogP contribution >= 0.6 is 11.8 Å². The number of hydrogen-bond acceptors (Lipinski definition) is 3. The first-order chi connectivity index (χ1) is 7.26. The Balaban J connectivity index is 4.22. The second-order valence-corrected chi connectivity index (χ2v) is 6.41. The van der Waals surface area contributed by atoms with E-state index in [1.54, 1.807) is 0 Å². The van der Waals surface area contributed by atoms with E-state index in [4.69, 9.17) is 5.11 Å². The molecule has 0 spiro atoms. The summed E-state index contributed by atoms with van der Waals surface area (Å²) in [5.41, 5.74) is 0. The molecule has 4 nitrogen and oxygen atoms in total. The largest absolute Gasteiger partial charge is 0.480 e. The molecular formula is C11H21NO3S. The molecule has 0 heterocycles. The van der Waals surface area contributed by atoms with Crippen molar-refractivity contribution in [3.63, 3.8) is 0 Å². The van der Waals surface area contributed by atoms with E-state index in [-0.39, 0.29) is 17.2 Å². The molecule has 0 radical (unpaired) electrons. The second-order valence-electron chi connectivity index (χ2n) is 4.61. The molecule has 0 aliphatic heterocycles. The van der Waals surface area contributed by atoms with Crippen LogP contribution in [-0.2, 0) is 9.59 Å². The van der Waals surface area contributed by atoms with Gasteiger partial charge in [-0.25, -0.2) is 0 Å². The van der Waals surface area contributed by atoms with Crippen molar-refractivity contribution in [2.24, 2.45) is 0 Å². The van der Waals surface area contributed by atoms with Crippen molar-refractivity contribution < 1.29 is 14.7 Å². The quantitative estimate of drug-likeness (QED) is 0.778. The molecule has 0 unspecified atom stereocenters. The van der Waals surface area contributed by atoms with Crippen molar-refractivity contribution in [2.45, 2.75) is 38.9 Å². The third-order valence-corrected chi connectivity index (χ3v) is 3.06. The molecule has 0 saturated carbocycles. The average molecular weight is 247 g/mol. The van der Waals surface area contributed by atoms with Gasteiger partial charge in [0.2, 0.25) is 5.91 Å². The van der Waals surface area contributed by atoms with Crippen molar-refractivity contribution in [1.29, 1.82) is 0 Å². The molecular weight excluding hydrogens is 226 g/mol. The molecule has 94 valence electrons. The molecule has 0 saturated heterocycles. The molecule has 5 heteroatoms. The lowest BCUT2D eigenvalue weighted by molar-refractivity contribution is -0.143. The summed E-state index contributed by atoms with van der Waals surface area (Å²) < 4.78 is 0.0246. The molecule has 0 bridgehead atoms. The Kier molecular flexibility index (Phi) is 6.48. The molecule has 0 aromatic heterocycles. The third-order valence-electron chi connectivity index (χ3n) is 1.80. The van der Waals surface area contributed by atoms with Crippen molar-refractivity contribution in [2.75, 3.05) is 18.8 Å². The molecule has 1 N–H and O–H groups in total. The van der Waals surface area contributed by atoms with Crippen molar-refractivity contribution in [3.05, 3.63) is 0 Å². The Labute approximate surface area is 101 Å².